The zero-order valence-electron chi connectivity index (χ0n) is 14.7. The molecule has 4 rings (SSSR count). The monoisotopic (exact) mass is 351 g/mol. The highest BCUT2D eigenvalue weighted by atomic mass is 16.4. The van der Waals surface area contributed by atoms with Crippen molar-refractivity contribution >= 4 is 5.91 Å². The Morgan fingerprint density at radius 2 is 2.08 bits per heavy atom. The Morgan fingerprint density at radius 3 is 2.81 bits per heavy atom. The zero-order chi connectivity index (χ0) is 17.9. The van der Waals surface area contributed by atoms with E-state index >= 15 is 0 Å². The molecule has 2 aromatic heterocycles. The molecule has 1 aliphatic rings. The minimum Gasteiger partial charge on any atom is -0.423 e. The highest BCUT2D eigenvalue weighted by Crippen LogP contribution is 2.38. The molecule has 1 N–H and O–H groups in total. The summed E-state index contributed by atoms with van der Waals surface area (Å²) in [6, 6.07) is 10.1. The summed E-state index contributed by atoms with van der Waals surface area (Å²) in [4.78, 5) is 12.6. The SMILES string of the molecule is CCc1c(C(=O)NCc2nnc(C3CC3)o2)cnn1Cc1ccccc1. The van der Waals surface area contributed by atoms with Crippen LogP contribution in [-0.2, 0) is 19.5 Å². The number of hydrogen-bond acceptors (Lipinski definition) is 5. The van der Waals surface area contributed by atoms with Gasteiger partial charge >= 0.3 is 0 Å². The zero-order valence-corrected chi connectivity index (χ0v) is 14.7. The molecule has 1 aromatic carbocycles. The van der Waals surface area contributed by atoms with Gasteiger partial charge in [-0.05, 0) is 24.8 Å². The molecule has 7 heteroatoms. The topological polar surface area (TPSA) is 85.8 Å². The van der Waals surface area contributed by atoms with Crippen LogP contribution in [0, 0.1) is 0 Å². The molecule has 134 valence electrons. The quantitative estimate of drug-likeness (QED) is 0.707. The van der Waals surface area contributed by atoms with E-state index in [1.54, 1.807) is 6.20 Å². The van der Waals surface area contributed by atoms with Crippen LogP contribution in [0.4, 0.5) is 0 Å². The van der Waals surface area contributed by atoms with Crippen molar-refractivity contribution in [3.63, 3.8) is 0 Å². The third kappa shape index (κ3) is 3.51. The Balaban J connectivity index is 1.43. The highest BCUT2D eigenvalue weighted by molar-refractivity contribution is 5.95. The molecule has 0 atom stereocenters. The first-order valence-corrected chi connectivity index (χ1v) is 8.93. The lowest BCUT2D eigenvalue weighted by Gasteiger charge is -2.08. The van der Waals surface area contributed by atoms with E-state index in [1.807, 2.05) is 41.9 Å². The van der Waals surface area contributed by atoms with Crippen LogP contribution in [0.1, 0.15) is 59.1 Å². The lowest BCUT2D eigenvalue weighted by molar-refractivity contribution is 0.0946. The van der Waals surface area contributed by atoms with E-state index < -0.39 is 0 Å². The molecule has 1 amide bonds. The molecule has 26 heavy (non-hydrogen) atoms. The van der Waals surface area contributed by atoms with Crippen molar-refractivity contribution in [1.29, 1.82) is 0 Å². The molecule has 0 spiro atoms. The summed E-state index contributed by atoms with van der Waals surface area (Å²) in [6.45, 7) is 2.90. The Kier molecular flexibility index (Phi) is 4.51. The first-order chi connectivity index (χ1) is 12.7. The third-order valence-electron chi connectivity index (χ3n) is 4.51. The number of carbonyl (C=O) groups is 1. The average Bonchev–Trinajstić information content (AvgIpc) is 3.27. The molecule has 2 heterocycles. The average molecular weight is 351 g/mol. The maximum absolute atomic E-state index is 12.6. The van der Waals surface area contributed by atoms with Crippen LogP contribution < -0.4 is 5.32 Å². The summed E-state index contributed by atoms with van der Waals surface area (Å²) in [5.41, 5.74) is 2.65. The molecule has 0 unspecified atom stereocenters. The molecule has 0 bridgehead atoms. The molecule has 0 aliphatic heterocycles. The van der Waals surface area contributed by atoms with Gasteiger partial charge in [-0.25, -0.2) is 0 Å². The van der Waals surface area contributed by atoms with Crippen LogP contribution in [0.2, 0.25) is 0 Å². The van der Waals surface area contributed by atoms with Crippen molar-refractivity contribution in [3.05, 3.63) is 65.1 Å². The number of nitrogens with one attached hydrogen (secondary N) is 1. The van der Waals surface area contributed by atoms with Crippen LogP contribution in [0.5, 0.6) is 0 Å². The summed E-state index contributed by atoms with van der Waals surface area (Å²) >= 11 is 0. The standard InChI is InChI=1S/C19H21N5O2/c1-2-16-15(10-21-24(16)12-13-6-4-3-5-7-13)18(25)20-11-17-22-23-19(26-17)14-8-9-14/h3-7,10,14H,2,8-9,11-12H2,1H3,(H,20,25). The van der Waals surface area contributed by atoms with Crippen molar-refractivity contribution in [3.8, 4) is 0 Å². The fourth-order valence-corrected chi connectivity index (χ4v) is 2.95. The molecule has 3 aromatic rings. The predicted molar refractivity (Wildman–Crippen MR) is 94.6 cm³/mol. The van der Waals surface area contributed by atoms with Crippen molar-refractivity contribution in [2.75, 3.05) is 0 Å². The van der Waals surface area contributed by atoms with Crippen molar-refractivity contribution < 1.29 is 9.21 Å². The Bertz CT molecular complexity index is 896. The van der Waals surface area contributed by atoms with E-state index in [0.717, 1.165) is 30.5 Å². The summed E-state index contributed by atoms with van der Waals surface area (Å²) in [5, 5.41) is 15.3. The summed E-state index contributed by atoms with van der Waals surface area (Å²) in [6.07, 6.45) is 4.56. The number of rotatable bonds is 7. The van der Waals surface area contributed by atoms with Gasteiger partial charge in [-0.3, -0.25) is 9.48 Å². The first kappa shape index (κ1) is 16.5. The second-order valence-electron chi connectivity index (χ2n) is 6.49. The summed E-state index contributed by atoms with van der Waals surface area (Å²) in [7, 11) is 0. The first-order valence-electron chi connectivity index (χ1n) is 8.93. The minimum atomic E-state index is -0.174. The number of amides is 1. The van der Waals surface area contributed by atoms with Gasteiger partial charge in [-0.2, -0.15) is 5.10 Å². The fourth-order valence-electron chi connectivity index (χ4n) is 2.95. The predicted octanol–water partition coefficient (Wildman–Crippen LogP) is 2.68. The summed E-state index contributed by atoms with van der Waals surface area (Å²) < 4.78 is 7.45. The second kappa shape index (κ2) is 7.11. The molecule has 0 radical (unpaired) electrons. The van der Waals surface area contributed by atoms with Crippen LogP contribution in [0.25, 0.3) is 0 Å². The maximum atomic E-state index is 12.6. The molecule has 1 saturated carbocycles. The van der Waals surface area contributed by atoms with Crippen LogP contribution in [-0.4, -0.2) is 25.9 Å². The second-order valence-corrected chi connectivity index (χ2v) is 6.49. The van der Waals surface area contributed by atoms with Gasteiger partial charge in [0.05, 0.1) is 30.5 Å². The van der Waals surface area contributed by atoms with E-state index in [0.29, 0.717) is 29.8 Å². The van der Waals surface area contributed by atoms with Gasteiger partial charge in [0.15, 0.2) is 0 Å². The van der Waals surface area contributed by atoms with Crippen molar-refractivity contribution in [2.45, 2.75) is 45.2 Å². The Morgan fingerprint density at radius 1 is 1.27 bits per heavy atom. The molecular weight excluding hydrogens is 330 g/mol. The van der Waals surface area contributed by atoms with E-state index in [1.165, 1.54) is 0 Å². The smallest absolute Gasteiger partial charge is 0.255 e. The molecule has 0 saturated heterocycles. The third-order valence-corrected chi connectivity index (χ3v) is 4.51. The van der Waals surface area contributed by atoms with Crippen LogP contribution in [0.15, 0.2) is 40.9 Å². The van der Waals surface area contributed by atoms with Gasteiger partial charge in [-0.15, -0.1) is 10.2 Å². The van der Waals surface area contributed by atoms with Crippen LogP contribution >= 0.6 is 0 Å². The molecule has 1 fully saturated rings. The van der Waals surface area contributed by atoms with E-state index in [4.69, 9.17) is 4.42 Å². The number of aromatic nitrogens is 4. The van der Waals surface area contributed by atoms with Gasteiger partial charge in [-0.1, -0.05) is 37.3 Å². The van der Waals surface area contributed by atoms with Crippen molar-refractivity contribution in [1.82, 2.24) is 25.3 Å². The maximum Gasteiger partial charge on any atom is 0.255 e. The lowest BCUT2D eigenvalue weighted by atomic mass is 10.1. The Labute approximate surface area is 151 Å². The van der Waals surface area contributed by atoms with E-state index in [-0.39, 0.29) is 12.5 Å². The normalized spacial score (nSPS) is 13.7. The molecule has 7 nitrogen and oxygen atoms in total. The van der Waals surface area contributed by atoms with Gasteiger partial charge < -0.3 is 9.73 Å². The molecule has 1 aliphatic carbocycles. The van der Waals surface area contributed by atoms with Crippen LogP contribution in [0.3, 0.4) is 0 Å². The fraction of sp³-hybridized carbons (Fsp3) is 0.368. The van der Waals surface area contributed by atoms with Gasteiger partial charge in [0.25, 0.3) is 5.91 Å². The number of carbonyl (C=O) groups excluding carboxylic acids is 1. The minimum absolute atomic E-state index is 0.174. The number of hydrogen-bond donors (Lipinski definition) is 1. The van der Waals surface area contributed by atoms with Gasteiger partial charge in [0.2, 0.25) is 11.8 Å². The largest absolute Gasteiger partial charge is 0.423 e. The summed E-state index contributed by atoms with van der Waals surface area (Å²) in [5.74, 6) is 1.36. The Hall–Kier alpha value is -2.96. The van der Waals surface area contributed by atoms with Crippen molar-refractivity contribution in [2.24, 2.45) is 0 Å². The van der Waals surface area contributed by atoms with E-state index in [9.17, 15) is 4.79 Å². The highest BCUT2D eigenvalue weighted by Gasteiger charge is 2.29. The number of nitrogens with zero attached hydrogens (tertiary/aromatic N) is 4. The lowest BCUT2D eigenvalue weighted by Crippen LogP contribution is -2.24. The van der Waals surface area contributed by atoms with E-state index in [2.05, 4.69) is 20.6 Å². The van der Waals surface area contributed by atoms with Gasteiger partial charge in [0.1, 0.15) is 0 Å². The van der Waals surface area contributed by atoms with Gasteiger partial charge in [0, 0.05) is 5.92 Å². The molecular formula is C19H21N5O2. The number of benzene rings is 1.